The van der Waals surface area contributed by atoms with Crippen LogP contribution in [-0.4, -0.2) is 7.05 Å². The van der Waals surface area contributed by atoms with Crippen LogP contribution in [-0.2, 0) is 0 Å². The Morgan fingerprint density at radius 1 is 1.38 bits per heavy atom. The molecule has 1 heterocycles. The lowest BCUT2D eigenvalue weighted by Gasteiger charge is -2.33. The fraction of sp³-hybridized carbons (Fsp3) is 0.556. The molecule has 3 heteroatoms. The van der Waals surface area contributed by atoms with Crippen molar-refractivity contribution < 1.29 is 4.42 Å². The van der Waals surface area contributed by atoms with E-state index in [0.29, 0.717) is 17.0 Å². The van der Waals surface area contributed by atoms with Crippen LogP contribution in [0.25, 0.3) is 11.0 Å². The van der Waals surface area contributed by atoms with Crippen molar-refractivity contribution in [3.63, 3.8) is 0 Å². The molecule has 21 heavy (non-hydrogen) atoms. The summed E-state index contributed by atoms with van der Waals surface area (Å²) in [5.41, 5.74) is 0.817. The zero-order valence-corrected chi connectivity index (χ0v) is 13.6. The van der Waals surface area contributed by atoms with Crippen LogP contribution in [0.4, 0.5) is 0 Å². The quantitative estimate of drug-likeness (QED) is 0.799. The fourth-order valence-electron chi connectivity index (χ4n) is 3.82. The summed E-state index contributed by atoms with van der Waals surface area (Å²) in [6.45, 7) is 2.31. The molecule has 2 aromatic rings. The molecule has 3 atom stereocenters. The first kappa shape index (κ1) is 14.9. The topological polar surface area (TPSA) is 25.2 Å². The molecule has 1 fully saturated rings. The minimum atomic E-state index is 0.294. The fourth-order valence-corrected chi connectivity index (χ4v) is 4.04. The Hall–Kier alpha value is -0.990. The number of rotatable bonds is 4. The van der Waals surface area contributed by atoms with E-state index in [-0.39, 0.29) is 0 Å². The van der Waals surface area contributed by atoms with Crippen molar-refractivity contribution in [2.45, 2.75) is 45.1 Å². The molecule has 1 aliphatic carbocycles. The van der Waals surface area contributed by atoms with Gasteiger partial charge in [-0.15, -0.1) is 0 Å². The van der Waals surface area contributed by atoms with Crippen LogP contribution < -0.4 is 5.32 Å². The average molecular weight is 306 g/mol. The maximum atomic E-state index is 6.24. The van der Waals surface area contributed by atoms with E-state index in [4.69, 9.17) is 16.0 Å². The molecule has 3 unspecified atom stereocenters. The van der Waals surface area contributed by atoms with Crippen LogP contribution in [0.5, 0.6) is 0 Å². The largest absolute Gasteiger partial charge is 0.458 e. The third-order valence-corrected chi connectivity index (χ3v) is 5.30. The zero-order valence-electron chi connectivity index (χ0n) is 12.9. The Labute approximate surface area is 131 Å². The van der Waals surface area contributed by atoms with Gasteiger partial charge in [0.25, 0.3) is 0 Å². The minimum Gasteiger partial charge on any atom is -0.458 e. The van der Waals surface area contributed by atoms with E-state index < -0.39 is 0 Å². The van der Waals surface area contributed by atoms with Gasteiger partial charge < -0.3 is 9.73 Å². The first-order valence-electron chi connectivity index (χ1n) is 8.08. The van der Waals surface area contributed by atoms with Gasteiger partial charge in [-0.1, -0.05) is 49.9 Å². The predicted octanol–water partition coefficient (Wildman–Crippen LogP) is 5.56. The maximum absolute atomic E-state index is 6.24. The van der Waals surface area contributed by atoms with Gasteiger partial charge in [-0.3, -0.25) is 0 Å². The Balaban J connectivity index is 1.89. The van der Waals surface area contributed by atoms with Gasteiger partial charge in [-0.25, -0.2) is 0 Å². The lowest BCUT2D eigenvalue weighted by atomic mass is 9.76. The van der Waals surface area contributed by atoms with Gasteiger partial charge in [0, 0.05) is 5.39 Å². The molecule has 0 amide bonds. The molecule has 2 nitrogen and oxygen atoms in total. The van der Waals surface area contributed by atoms with Crippen LogP contribution in [0.3, 0.4) is 0 Å². The minimum absolute atomic E-state index is 0.294. The van der Waals surface area contributed by atoms with E-state index in [0.717, 1.165) is 22.6 Å². The molecule has 1 aliphatic rings. The molecule has 0 saturated heterocycles. The van der Waals surface area contributed by atoms with Crippen LogP contribution in [0.1, 0.15) is 50.8 Å². The Kier molecular flexibility index (Phi) is 4.56. The van der Waals surface area contributed by atoms with E-state index in [1.54, 1.807) is 0 Å². The summed E-state index contributed by atoms with van der Waals surface area (Å²) in [6, 6.07) is 8.38. The number of fused-ring (bicyclic) bond motifs is 1. The summed E-state index contributed by atoms with van der Waals surface area (Å²) in [6.07, 6.45) is 6.59. The highest BCUT2D eigenvalue weighted by atomic mass is 35.5. The lowest BCUT2D eigenvalue weighted by Crippen LogP contribution is -2.29. The Bertz CT molecular complexity index is 606. The van der Waals surface area contributed by atoms with Crippen molar-refractivity contribution in [2.75, 3.05) is 7.05 Å². The van der Waals surface area contributed by atoms with Crippen molar-refractivity contribution in [2.24, 2.45) is 11.8 Å². The van der Waals surface area contributed by atoms with E-state index in [9.17, 15) is 0 Å². The standard InChI is InChI=1S/C18H24ClNO/c1-3-12-6-4-7-13(10-12)17(20-2)16-11-14-8-5-9-15(19)18(14)21-16/h5,8-9,11-13,17,20H,3-4,6-7,10H2,1-2H3. The predicted molar refractivity (Wildman–Crippen MR) is 88.8 cm³/mol. The van der Waals surface area contributed by atoms with Crippen LogP contribution >= 0.6 is 11.6 Å². The zero-order chi connectivity index (χ0) is 14.8. The summed E-state index contributed by atoms with van der Waals surface area (Å²) >= 11 is 6.24. The number of para-hydroxylation sites is 1. The second kappa shape index (κ2) is 6.41. The number of nitrogens with one attached hydrogen (secondary N) is 1. The molecular weight excluding hydrogens is 282 g/mol. The normalized spacial score (nSPS) is 24.3. The summed E-state index contributed by atoms with van der Waals surface area (Å²) in [7, 11) is 2.04. The summed E-state index contributed by atoms with van der Waals surface area (Å²) < 4.78 is 6.08. The SMILES string of the molecule is CCC1CCCC(C(NC)c2cc3cccc(Cl)c3o2)C1. The molecule has 3 rings (SSSR count). The number of furan rings is 1. The molecule has 0 aliphatic heterocycles. The highest BCUT2D eigenvalue weighted by Crippen LogP contribution is 2.40. The van der Waals surface area contributed by atoms with Crippen LogP contribution in [0.2, 0.25) is 5.02 Å². The maximum Gasteiger partial charge on any atom is 0.152 e. The van der Waals surface area contributed by atoms with Gasteiger partial charge in [-0.2, -0.15) is 0 Å². The van der Waals surface area contributed by atoms with Gasteiger partial charge in [0.2, 0.25) is 0 Å². The van der Waals surface area contributed by atoms with Crippen molar-refractivity contribution in [3.05, 3.63) is 35.0 Å². The number of benzene rings is 1. The van der Waals surface area contributed by atoms with Crippen molar-refractivity contribution >= 4 is 22.6 Å². The van der Waals surface area contributed by atoms with Gasteiger partial charge in [0.15, 0.2) is 5.58 Å². The second-order valence-corrected chi connectivity index (χ2v) is 6.68. The number of hydrogen-bond donors (Lipinski definition) is 1. The van der Waals surface area contributed by atoms with Crippen molar-refractivity contribution in [3.8, 4) is 0 Å². The average Bonchev–Trinajstić information content (AvgIpc) is 2.93. The highest BCUT2D eigenvalue weighted by molar-refractivity contribution is 6.34. The molecule has 0 bridgehead atoms. The molecule has 114 valence electrons. The first-order chi connectivity index (χ1) is 10.2. The van der Waals surface area contributed by atoms with Crippen LogP contribution in [0.15, 0.2) is 28.7 Å². The first-order valence-corrected chi connectivity index (χ1v) is 8.46. The number of halogens is 1. The van der Waals surface area contributed by atoms with Crippen molar-refractivity contribution in [1.82, 2.24) is 5.32 Å². The van der Waals surface area contributed by atoms with E-state index in [2.05, 4.69) is 24.4 Å². The molecular formula is C18H24ClNO. The smallest absolute Gasteiger partial charge is 0.152 e. The van der Waals surface area contributed by atoms with Crippen molar-refractivity contribution in [1.29, 1.82) is 0 Å². The van der Waals surface area contributed by atoms with E-state index >= 15 is 0 Å². The Morgan fingerprint density at radius 2 is 2.24 bits per heavy atom. The molecule has 1 aromatic heterocycles. The van der Waals surface area contributed by atoms with E-state index in [1.807, 2.05) is 19.2 Å². The molecule has 1 N–H and O–H groups in total. The molecule has 0 spiro atoms. The monoisotopic (exact) mass is 305 g/mol. The third-order valence-electron chi connectivity index (χ3n) is 5.00. The van der Waals surface area contributed by atoms with Crippen LogP contribution in [0, 0.1) is 11.8 Å². The third kappa shape index (κ3) is 2.97. The van der Waals surface area contributed by atoms with Gasteiger partial charge in [0.05, 0.1) is 11.1 Å². The van der Waals surface area contributed by atoms with E-state index in [1.165, 1.54) is 32.1 Å². The number of hydrogen-bond acceptors (Lipinski definition) is 2. The lowest BCUT2D eigenvalue weighted by molar-refractivity contribution is 0.201. The van der Waals surface area contributed by atoms with Gasteiger partial charge >= 0.3 is 0 Å². The highest BCUT2D eigenvalue weighted by Gasteiger charge is 2.30. The second-order valence-electron chi connectivity index (χ2n) is 6.27. The summed E-state index contributed by atoms with van der Waals surface area (Å²) in [5.74, 6) is 2.56. The Morgan fingerprint density at radius 3 is 2.95 bits per heavy atom. The molecule has 1 aromatic carbocycles. The van der Waals surface area contributed by atoms with Gasteiger partial charge in [-0.05, 0) is 43.9 Å². The van der Waals surface area contributed by atoms with Gasteiger partial charge in [0.1, 0.15) is 5.76 Å². The summed E-state index contributed by atoms with van der Waals surface area (Å²) in [4.78, 5) is 0. The molecule has 1 saturated carbocycles. The molecule has 0 radical (unpaired) electrons. The summed E-state index contributed by atoms with van der Waals surface area (Å²) in [5, 5.41) is 5.27.